The summed E-state index contributed by atoms with van der Waals surface area (Å²) in [6.07, 6.45) is 5.35. The number of ether oxygens (including phenoxy) is 2. The van der Waals surface area contributed by atoms with Gasteiger partial charge in [0.1, 0.15) is 6.17 Å². The summed E-state index contributed by atoms with van der Waals surface area (Å²) in [6, 6.07) is 0. The van der Waals surface area contributed by atoms with Crippen LogP contribution in [0, 0.1) is 0 Å². The molecule has 0 aromatic heterocycles. The van der Waals surface area contributed by atoms with E-state index in [4.69, 9.17) is 15.2 Å². The summed E-state index contributed by atoms with van der Waals surface area (Å²) in [5.74, 6) is 0. The molecule has 3 nitrogen and oxygen atoms in total. The van der Waals surface area contributed by atoms with Crippen molar-refractivity contribution in [1.29, 1.82) is 0 Å². The fourth-order valence-electron chi connectivity index (χ4n) is 2.79. The first kappa shape index (κ1) is 13.0. The SMILES string of the molecule is COC1CCC(F)C=C1C1CC[C@H](CCN)O1. The summed E-state index contributed by atoms with van der Waals surface area (Å²) in [6.45, 7) is 0.649. The molecule has 0 aromatic carbocycles. The molecule has 1 saturated heterocycles. The maximum Gasteiger partial charge on any atom is 0.119 e. The Morgan fingerprint density at radius 3 is 2.94 bits per heavy atom. The third kappa shape index (κ3) is 3.06. The molecule has 1 aliphatic carbocycles. The Morgan fingerprint density at radius 1 is 1.41 bits per heavy atom. The van der Waals surface area contributed by atoms with Crippen LogP contribution in [-0.4, -0.2) is 38.1 Å². The van der Waals surface area contributed by atoms with E-state index in [0.29, 0.717) is 13.0 Å². The summed E-state index contributed by atoms with van der Waals surface area (Å²) in [7, 11) is 1.68. The zero-order valence-electron chi connectivity index (χ0n) is 10.4. The fourth-order valence-corrected chi connectivity index (χ4v) is 2.79. The van der Waals surface area contributed by atoms with Gasteiger partial charge in [-0.3, -0.25) is 0 Å². The smallest absolute Gasteiger partial charge is 0.119 e. The molecule has 1 fully saturated rings. The molecule has 0 radical (unpaired) electrons. The van der Waals surface area contributed by atoms with Crippen molar-refractivity contribution in [3.63, 3.8) is 0 Å². The number of rotatable bonds is 4. The van der Waals surface area contributed by atoms with E-state index in [2.05, 4.69) is 0 Å². The van der Waals surface area contributed by atoms with Gasteiger partial charge in [-0.15, -0.1) is 0 Å². The van der Waals surface area contributed by atoms with Crippen molar-refractivity contribution in [1.82, 2.24) is 0 Å². The van der Waals surface area contributed by atoms with Crippen LogP contribution < -0.4 is 5.73 Å². The van der Waals surface area contributed by atoms with Gasteiger partial charge in [-0.05, 0) is 50.3 Å². The van der Waals surface area contributed by atoms with Crippen LogP contribution in [0.1, 0.15) is 32.1 Å². The Kier molecular flexibility index (Phi) is 4.54. The van der Waals surface area contributed by atoms with E-state index in [1.807, 2.05) is 0 Å². The summed E-state index contributed by atoms with van der Waals surface area (Å²) >= 11 is 0. The van der Waals surface area contributed by atoms with Gasteiger partial charge in [-0.1, -0.05) is 0 Å². The Morgan fingerprint density at radius 2 is 2.24 bits per heavy atom. The molecule has 2 N–H and O–H groups in total. The highest BCUT2D eigenvalue weighted by Crippen LogP contribution is 2.33. The van der Waals surface area contributed by atoms with Crippen LogP contribution in [-0.2, 0) is 9.47 Å². The number of allylic oxidation sites excluding steroid dienone is 1. The predicted molar refractivity (Wildman–Crippen MR) is 64.6 cm³/mol. The Balaban J connectivity index is 2.00. The second-order valence-corrected chi connectivity index (χ2v) is 4.89. The van der Waals surface area contributed by atoms with Crippen LogP contribution in [0.5, 0.6) is 0 Å². The quantitative estimate of drug-likeness (QED) is 0.768. The number of nitrogens with two attached hydrogens (primary N) is 1. The zero-order valence-corrected chi connectivity index (χ0v) is 10.4. The van der Waals surface area contributed by atoms with Gasteiger partial charge in [-0.2, -0.15) is 0 Å². The van der Waals surface area contributed by atoms with Crippen molar-refractivity contribution in [3.8, 4) is 0 Å². The average molecular weight is 243 g/mol. The number of hydrogen-bond donors (Lipinski definition) is 1. The molecular formula is C13H22FNO2. The average Bonchev–Trinajstić information content (AvgIpc) is 2.78. The van der Waals surface area contributed by atoms with Gasteiger partial charge >= 0.3 is 0 Å². The van der Waals surface area contributed by atoms with E-state index in [0.717, 1.165) is 31.3 Å². The predicted octanol–water partition coefficient (Wildman–Crippen LogP) is 1.96. The normalized spacial score (nSPS) is 38.2. The molecule has 0 saturated carbocycles. The zero-order chi connectivity index (χ0) is 12.3. The first-order chi connectivity index (χ1) is 8.24. The van der Waals surface area contributed by atoms with Gasteiger partial charge in [0.05, 0.1) is 18.3 Å². The Labute approximate surface area is 102 Å². The maximum absolute atomic E-state index is 13.4. The molecule has 3 unspecified atom stereocenters. The number of hydrogen-bond acceptors (Lipinski definition) is 3. The monoisotopic (exact) mass is 243 g/mol. The number of alkyl halides is 1. The van der Waals surface area contributed by atoms with Crippen LogP contribution in [0.4, 0.5) is 4.39 Å². The summed E-state index contributed by atoms with van der Waals surface area (Å²) < 4.78 is 24.8. The minimum atomic E-state index is -0.839. The first-order valence-electron chi connectivity index (χ1n) is 6.48. The lowest BCUT2D eigenvalue weighted by Crippen LogP contribution is -2.29. The molecule has 0 amide bonds. The molecule has 1 aliphatic heterocycles. The molecule has 98 valence electrons. The van der Waals surface area contributed by atoms with Crippen LogP contribution in [0.15, 0.2) is 11.6 Å². The summed E-state index contributed by atoms with van der Waals surface area (Å²) in [5.41, 5.74) is 6.53. The largest absolute Gasteiger partial charge is 0.377 e. The molecule has 1 heterocycles. The number of halogens is 1. The molecule has 4 heteroatoms. The summed E-state index contributed by atoms with van der Waals surface area (Å²) in [4.78, 5) is 0. The van der Waals surface area contributed by atoms with E-state index in [1.54, 1.807) is 13.2 Å². The highest BCUT2D eigenvalue weighted by molar-refractivity contribution is 5.20. The maximum atomic E-state index is 13.4. The minimum Gasteiger partial charge on any atom is -0.377 e. The van der Waals surface area contributed by atoms with E-state index in [9.17, 15) is 4.39 Å². The minimum absolute atomic E-state index is 0.0311. The topological polar surface area (TPSA) is 44.5 Å². The molecule has 2 rings (SSSR count). The Hall–Kier alpha value is -0.450. The van der Waals surface area contributed by atoms with Gasteiger partial charge in [0.2, 0.25) is 0 Å². The second kappa shape index (κ2) is 5.94. The molecule has 0 spiro atoms. The fraction of sp³-hybridized carbons (Fsp3) is 0.846. The van der Waals surface area contributed by atoms with E-state index in [1.165, 1.54) is 0 Å². The third-order valence-corrected chi connectivity index (χ3v) is 3.70. The molecule has 2 aliphatic rings. The molecule has 17 heavy (non-hydrogen) atoms. The lowest BCUT2D eigenvalue weighted by Gasteiger charge is -2.28. The number of methoxy groups -OCH3 is 1. The second-order valence-electron chi connectivity index (χ2n) is 4.89. The van der Waals surface area contributed by atoms with Gasteiger partial charge in [0.15, 0.2) is 0 Å². The van der Waals surface area contributed by atoms with Crippen LogP contribution in [0.2, 0.25) is 0 Å². The molecule has 4 atom stereocenters. The Bertz CT molecular complexity index is 283. The van der Waals surface area contributed by atoms with Crippen molar-refractivity contribution in [3.05, 3.63) is 11.6 Å². The van der Waals surface area contributed by atoms with Crippen LogP contribution >= 0.6 is 0 Å². The van der Waals surface area contributed by atoms with Crippen molar-refractivity contribution < 1.29 is 13.9 Å². The standard InChI is InChI=1S/C13H22FNO2/c1-16-12-4-2-9(14)8-11(12)13-5-3-10(17-13)6-7-15/h8-10,12-13H,2-7,15H2,1H3/t9?,10-,12?,13?/m1/s1. The van der Waals surface area contributed by atoms with Crippen LogP contribution in [0.3, 0.4) is 0 Å². The third-order valence-electron chi connectivity index (χ3n) is 3.70. The van der Waals surface area contributed by atoms with Crippen molar-refractivity contribution in [2.45, 2.75) is 56.6 Å². The first-order valence-corrected chi connectivity index (χ1v) is 6.48. The van der Waals surface area contributed by atoms with E-state index < -0.39 is 6.17 Å². The molecule has 0 bridgehead atoms. The highest BCUT2D eigenvalue weighted by Gasteiger charge is 2.34. The van der Waals surface area contributed by atoms with Gasteiger partial charge in [0.25, 0.3) is 0 Å². The van der Waals surface area contributed by atoms with Gasteiger partial charge < -0.3 is 15.2 Å². The highest BCUT2D eigenvalue weighted by atomic mass is 19.1. The van der Waals surface area contributed by atoms with E-state index >= 15 is 0 Å². The van der Waals surface area contributed by atoms with Crippen LogP contribution in [0.25, 0.3) is 0 Å². The molecular weight excluding hydrogens is 221 g/mol. The lowest BCUT2D eigenvalue weighted by molar-refractivity contribution is 0.0297. The van der Waals surface area contributed by atoms with Crippen molar-refractivity contribution >= 4 is 0 Å². The lowest BCUT2D eigenvalue weighted by atomic mass is 9.90. The molecule has 0 aromatic rings. The van der Waals surface area contributed by atoms with Gasteiger partial charge in [-0.25, -0.2) is 4.39 Å². The summed E-state index contributed by atoms with van der Waals surface area (Å²) in [5, 5.41) is 0. The van der Waals surface area contributed by atoms with Crippen molar-refractivity contribution in [2.75, 3.05) is 13.7 Å². The van der Waals surface area contributed by atoms with E-state index in [-0.39, 0.29) is 18.3 Å². The van der Waals surface area contributed by atoms with Gasteiger partial charge in [0, 0.05) is 7.11 Å². The van der Waals surface area contributed by atoms with Crippen molar-refractivity contribution in [2.24, 2.45) is 5.73 Å².